The molecule has 19 heavy (non-hydrogen) atoms. The van der Waals surface area contributed by atoms with Crippen LogP contribution < -0.4 is 5.32 Å². The number of carbonyl (C=O) groups excluding carboxylic acids is 1. The highest BCUT2D eigenvalue weighted by atomic mass is 16.5. The molecule has 0 aliphatic carbocycles. The lowest BCUT2D eigenvalue weighted by atomic mass is 9.98. The number of carbonyl (C=O) groups is 2. The van der Waals surface area contributed by atoms with Gasteiger partial charge in [0, 0.05) is 0 Å². The lowest BCUT2D eigenvalue weighted by Crippen LogP contribution is -2.45. The zero-order valence-corrected chi connectivity index (χ0v) is 11.7. The van der Waals surface area contributed by atoms with Crippen LogP contribution in [-0.4, -0.2) is 28.2 Å². The molecule has 0 saturated carbocycles. The molecule has 1 aromatic rings. The monoisotopic (exact) mass is 268 g/mol. The van der Waals surface area contributed by atoms with E-state index in [0.29, 0.717) is 29.9 Å². The van der Waals surface area contributed by atoms with E-state index in [0.717, 1.165) is 0 Å². The number of nitrogens with one attached hydrogen (secondary N) is 1. The van der Waals surface area contributed by atoms with Crippen molar-refractivity contribution in [1.82, 2.24) is 10.5 Å². The fourth-order valence-corrected chi connectivity index (χ4v) is 1.85. The number of nitrogens with zero attached hydrogens (tertiary/aromatic N) is 1. The molecule has 0 fully saturated rings. The van der Waals surface area contributed by atoms with Crippen LogP contribution in [0.4, 0.5) is 0 Å². The van der Waals surface area contributed by atoms with E-state index in [2.05, 4.69) is 10.5 Å². The van der Waals surface area contributed by atoms with Gasteiger partial charge in [0.15, 0.2) is 0 Å². The van der Waals surface area contributed by atoms with Crippen molar-refractivity contribution < 1.29 is 19.2 Å². The second kappa shape index (κ2) is 6.36. The van der Waals surface area contributed by atoms with Crippen LogP contribution in [0.2, 0.25) is 0 Å². The van der Waals surface area contributed by atoms with Gasteiger partial charge in [0.2, 0.25) is 0 Å². The zero-order valence-electron chi connectivity index (χ0n) is 11.7. The molecule has 1 rings (SSSR count). The summed E-state index contributed by atoms with van der Waals surface area (Å²) in [5, 5.41) is 15.5. The summed E-state index contributed by atoms with van der Waals surface area (Å²) >= 11 is 0. The third kappa shape index (κ3) is 3.33. The molecule has 1 heterocycles. The zero-order chi connectivity index (χ0) is 14.6. The first-order chi connectivity index (χ1) is 8.92. The highest BCUT2D eigenvalue weighted by Crippen LogP contribution is 2.15. The molecule has 0 saturated heterocycles. The van der Waals surface area contributed by atoms with E-state index in [9.17, 15) is 9.59 Å². The Morgan fingerprint density at radius 2 is 2.05 bits per heavy atom. The molecule has 0 aliphatic rings. The summed E-state index contributed by atoms with van der Waals surface area (Å²) in [6.07, 6.45) is 1.22. The minimum atomic E-state index is -1.03. The van der Waals surface area contributed by atoms with Crippen molar-refractivity contribution in [2.24, 2.45) is 5.92 Å². The Hall–Kier alpha value is -1.85. The Balaban J connectivity index is 2.94. The number of carboxylic acids is 1. The molecule has 0 spiro atoms. The average molecular weight is 268 g/mol. The van der Waals surface area contributed by atoms with Crippen LogP contribution >= 0.6 is 0 Å². The summed E-state index contributed by atoms with van der Waals surface area (Å²) in [5.74, 6) is -1.22. The van der Waals surface area contributed by atoms with Crippen LogP contribution in [0, 0.1) is 12.8 Å². The van der Waals surface area contributed by atoms with E-state index < -0.39 is 17.9 Å². The number of carboxylic acid groups (broad SMARTS) is 1. The fourth-order valence-electron chi connectivity index (χ4n) is 1.85. The second-order valence-corrected chi connectivity index (χ2v) is 4.59. The molecule has 2 atom stereocenters. The van der Waals surface area contributed by atoms with Crippen molar-refractivity contribution in [3.05, 3.63) is 17.0 Å². The minimum absolute atomic E-state index is 0.147. The summed E-state index contributed by atoms with van der Waals surface area (Å²) in [5.41, 5.74) is 0.889. The molecule has 1 amide bonds. The molecule has 0 radical (unpaired) electrons. The predicted molar refractivity (Wildman–Crippen MR) is 69.0 cm³/mol. The van der Waals surface area contributed by atoms with Gasteiger partial charge < -0.3 is 14.9 Å². The van der Waals surface area contributed by atoms with E-state index in [1.807, 2.05) is 13.8 Å². The quantitative estimate of drug-likeness (QED) is 0.820. The lowest BCUT2D eigenvalue weighted by molar-refractivity contribution is -0.140. The van der Waals surface area contributed by atoms with Gasteiger partial charge >= 0.3 is 5.97 Å². The molecular weight excluding hydrogens is 248 g/mol. The molecular formula is C13H20N2O4. The van der Waals surface area contributed by atoms with E-state index >= 15 is 0 Å². The van der Waals surface area contributed by atoms with Crippen LogP contribution in [0.15, 0.2) is 4.52 Å². The largest absolute Gasteiger partial charge is 0.480 e. The van der Waals surface area contributed by atoms with Gasteiger partial charge in [-0.15, -0.1) is 0 Å². The predicted octanol–water partition coefficient (Wildman–Crippen LogP) is 1.77. The Morgan fingerprint density at radius 1 is 1.42 bits per heavy atom. The first-order valence-corrected chi connectivity index (χ1v) is 6.41. The number of aromatic nitrogens is 1. The van der Waals surface area contributed by atoms with Gasteiger partial charge in [0.1, 0.15) is 17.4 Å². The normalized spacial score (nSPS) is 13.9. The summed E-state index contributed by atoms with van der Waals surface area (Å²) in [7, 11) is 0. The number of aliphatic carboxylic acids is 1. The second-order valence-electron chi connectivity index (χ2n) is 4.59. The van der Waals surface area contributed by atoms with Gasteiger partial charge in [-0.05, 0) is 19.3 Å². The van der Waals surface area contributed by atoms with Crippen molar-refractivity contribution >= 4 is 11.9 Å². The van der Waals surface area contributed by atoms with Gasteiger partial charge in [-0.25, -0.2) is 4.79 Å². The Labute approximate surface area is 112 Å². The minimum Gasteiger partial charge on any atom is -0.480 e. The third-order valence-corrected chi connectivity index (χ3v) is 3.26. The molecule has 0 bridgehead atoms. The number of hydrogen-bond acceptors (Lipinski definition) is 4. The highest BCUT2D eigenvalue weighted by molar-refractivity contribution is 5.98. The maximum Gasteiger partial charge on any atom is 0.326 e. The van der Waals surface area contributed by atoms with Crippen LogP contribution in [0.3, 0.4) is 0 Å². The van der Waals surface area contributed by atoms with Gasteiger partial charge in [-0.1, -0.05) is 32.3 Å². The standard InChI is InChI=1S/C13H20N2O4/c1-5-7(3)11(13(17)18)14-12(16)10-8(4)19-15-9(10)6-2/h7,11H,5-6H2,1-4H3,(H,14,16)(H,17,18)/t7-,11-/m0/s1. The fraction of sp³-hybridized carbons (Fsp3) is 0.615. The topological polar surface area (TPSA) is 92.4 Å². The van der Waals surface area contributed by atoms with E-state index in [1.54, 1.807) is 13.8 Å². The SMILES string of the molecule is CCc1noc(C)c1C(=O)N[C@H](C(=O)O)[C@@H](C)CC. The van der Waals surface area contributed by atoms with E-state index in [1.165, 1.54) is 0 Å². The van der Waals surface area contributed by atoms with Gasteiger partial charge in [0.05, 0.1) is 5.69 Å². The molecule has 0 aromatic carbocycles. The number of amides is 1. The van der Waals surface area contributed by atoms with Gasteiger partial charge in [-0.3, -0.25) is 4.79 Å². The Morgan fingerprint density at radius 3 is 2.53 bits per heavy atom. The number of aryl methyl sites for hydroxylation is 2. The summed E-state index contributed by atoms with van der Waals surface area (Å²) in [4.78, 5) is 23.4. The van der Waals surface area contributed by atoms with Crippen LogP contribution in [-0.2, 0) is 11.2 Å². The Bertz CT molecular complexity index is 467. The molecule has 6 heteroatoms. The number of hydrogen-bond donors (Lipinski definition) is 2. The van der Waals surface area contributed by atoms with Gasteiger partial charge in [-0.2, -0.15) is 0 Å². The van der Waals surface area contributed by atoms with E-state index in [-0.39, 0.29) is 5.92 Å². The van der Waals surface area contributed by atoms with Crippen molar-refractivity contribution in [3.8, 4) is 0 Å². The first kappa shape index (κ1) is 15.2. The average Bonchev–Trinajstić information content (AvgIpc) is 2.75. The first-order valence-electron chi connectivity index (χ1n) is 6.41. The number of rotatable bonds is 6. The van der Waals surface area contributed by atoms with Crippen molar-refractivity contribution in [1.29, 1.82) is 0 Å². The van der Waals surface area contributed by atoms with Crippen molar-refractivity contribution in [2.45, 2.75) is 46.6 Å². The Kier molecular flexibility index (Phi) is 5.09. The maximum atomic E-state index is 12.2. The molecule has 0 unspecified atom stereocenters. The molecule has 6 nitrogen and oxygen atoms in total. The van der Waals surface area contributed by atoms with E-state index in [4.69, 9.17) is 9.63 Å². The molecule has 2 N–H and O–H groups in total. The van der Waals surface area contributed by atoms with Crippen LogP contribution in [0.25, 0.3) is 0 Å². The summed E-state index contributed by atoms with van der Waals surface area (Å²) < 4.78 is 4.98. The molecule has 106 valence electrons. The van der Waals surface area contributed by atoms with Crippen LogP contribution in [0.1, 0.15) is 49.0 Å². The lowest BCUT2D eigenvalue weighted by Gasteiger charge is -2.20. The van der Waals surface area contributed by atoms with Crippen molar-refractivity contribution in [2.75, 3.05) is 0 Å². The third-order valence-electron chi connectivity index (χ3n) is 3.26. The smallest absolute Gasteiger partial charge is 0.326 e. The maximum absolute atomic E-state index is 12.2. The van der Waals surface area contributed by atoms with Crippen molar-refractivity contribution in [3.63, 3.8) is 0 Å². The summed E-state index contributed by atoms with van der Waals surface area (Å²) in [6, 6.07) is -0.906. The van der Waals surface area contributed by atoms with Gasteiger partial charge in [0.25, 0.3) is 5.91 Å². The molecule has 1 aromatic heterocycles. The summed E-state index contributed by atoms with van der Waals surface area (Å²) in [6.45, 7) is 7.17. The molecule has 0 aliphatic heterocycles. The highest BCUT2D eigenvalue weighted by Gasteiger charge is 2.28. The van der Waals surface area contributed by atoms with Crippen LogP contribution in [0.5, 0.6) is 0 Å².